The van der Waals surface area contributed by atoms with E-state index in [1.807, 2.05) is 13.0 Å². The first-order chi connectivity index (χ1) is 12.1. The molecule has 0 amide bonds. The van der Waals surface area contributed by atoms with Crippen molar-refractivity contribution >= 4 is 29.9 Å². The molecule has 8 heteroatoms. The molecule has 148 valence electrons. The SMILES string of the molecule is CCNC(=NCc1ccc(OC)c(O)c1)NCC1(CCO)CCOC1.I. The molecule has 0 radical (unpaired) electrons. The molecule has 1 fully saturated rings. The minimum atomic E-state index is -0.0384. The van der Waals surface area contributed by atoms with Gasteiger partial charge in [-0.2, -0.15) is 0 Å². The first-order valence-electron chi connectivity index (χ1n) is 8.69. The Balaban J connectivity index is 0.00000338. The molecule has 1 heterocycles. The number of methoxy groups -OCH3 is 1. The van der Waals surface area contributed by atoms with E-state index >= 15 is 0 Å². The maximum Gasteiger partial charge on any atom is 0.191 e. The number of aliphatic hydroxyl groups excluding tert-OH is 1. The van der Waals surface area contributed by atoms with Crippen LogP contribution >= 0.6 is 24.0 Å². The van der Waals surface area contributed by atoms with Gasteiger partial charge in [-0.15, -0.1) is 24.0 Å². The molecule has 1 aliphatic heterocycles. The lowest BCUT2D eigenvalue weighted by Crippen LogP contribution is -2.44. The third-order valence-electron chi connectivity index (χ3n) is 4.47. The zero-order chi connectivity index (χ0) is 18.1. The number of phenols is 1. The molecule has 1 saturated heterocycles. The maximum atomic E-state index is 9.86. The molecular formula is C18H30IN3O4. The molecule has 1 atom stereocenters. The molecule has 0 spiro atoms. The zero-order valence-electron chi connectivity index (χ0n) is 15.5. The number of benzene rings is 1. The van der Waals surface area contributed by atoms with Gasteiger partial charge in [0.25, 0.3) is 0 Å². The first-order valence-corrected chi connectivity index (χ1v) is 8.69. The fourth-order valence-corrected chi connectivity index (χ4v) is 2.93. The van der Waals surface area contributed by atoms with Crippen LogP contribution in [-0.2, 0) is 11.3 Å². The van der Waals surface area contributed by atoms with E-state index in [4.69, 9.17) is 9.47 Å². The number of hydrogen-bond acceptors (Lipinski definition) is 5. The van der Waals surface area contributed by atoms with E-state index < -0.39 is 0 Å². The summed E-state index contributed by atoms with van der Waals surface area (Å²) in [5.74, 6) is 1.27. The molecule has 1 aliphatic rings. The minimum Gasteiger partial charge on any atom is -0.504 e. The molecule has 2 rings (SSSR count). The van der Waals surface area contributed by atoms with E-state index in [0.29, 0.717) is 37.8 Å². The summed E-state index contributed by atoms with van der Waals surface area (Å²) < 4.78 is 10.6. The van der Waals surface area contributed by atoms with Crippen molar-refractivity contribution in [1.82, 2.24) is 10.6 Å². The monoisotopic (exact) mass is 479 g/mol. The molecule has 0 saturated carbocycles. The van der Waals surface area contributed by atoms with Gasteiger partial charge < -0.3 is 30.3 Å². The molecule has 1 aromatic rings. The number of guanidine groups is 1. The van der Waals surface area contributed by atoms with E-state index in [1.54, 1.807) is 12.1 Å². The smallest absolute Gasteiger partial charge is 0.191 e. The molecule has 0 aromatic heterocycles. The summed E-state index contributed by atoms with van der Waals surface area (Å²) >= 11 is 0. The number of halogens is 1. The zero-order valence-corrected chi connectivity index (χ0v) is 17.8. The number of aliphatic imine (C=N–C) groups is 1. The maximum absolute atomic E-state index is 9.86. The molecule has 26 heavy (non-hydrogen) atoms. The fraction of sp³-hybridized carbons (Fsp3) is 0.611. The Morgan fingerprint density at radius 1 is 1.38 bits per heavy atom. The van der Waals surface area contributed by atoms with Crippen LogP contribution in [0.5, 0.6) is 11.5 Å². The highest BCUT2D eigenvalue weighted by molar-refractivity contribution is 14.0. The highest BCUT2D eigenvalue weighted by Crippen LogP contribution is 2.31. The molecule has 0 bridgehead atoms. The average Bonchev–Trinajstić information content (AvgIpc) is 3.07. The van der Waals surface area contributed by atoms with Crippen molar-refractivity contribution in [3.8, 4) is 11.5 Å². The second-order valence-electron chi connectivity index (χ2n) is 6.33. The van der Waals surface area contributed by atoms with Crippen LogP contribution in [0.25, 0.3) is 0 Å². The van der Waals surface area contributed by atoms with Crippen LogP contribution in [0.2, 0.25) is 0 Å². The van der Waals surface area contributed by atoms with E-state index in [2.05, 4.69) is 15.6 Å². The van der Waals surface area contributed by atoms with Crippen LogP contribution in [-0.4, -0.2) is 56.2 Å². The number of nitrogens with zero attached hydrogens (tertiary/aromatic N) is 1. The van der Waals surface area contributed by atoms with Crippen LogP contribution < -0.4 is 15.4 Å². The molecule has 7 nitrogen and oxygen atoms in total. The van der Waals surface area contributed by atoms with Crippen molar-refractivity contribution in [3.05, 3.63) is 23.8 Å². The highest BCUT2D eigenvalue weighted by Gasteiger charge is 2.34. The van der Waals surface area contributed by atoms with Crippen LogP contribution in [0.15, 0.2) is 23.2 Å². The summed E-state index contributed by atoms with van der Waals surface area (Å²) in [5.41, 5.74) is 0.855. The number of aromatic hydroxyl groups is 1. The van der Waals surface area contributed by atoms with Gasteiger partial charge in [0.1, 0.15) is 0 Å². The summed E-state index contributed by atoms with van der Waals surface area (Å²) in [6.45, 7) is 5.46. The van der Waals surface area contributed by atoms with Crippen molar-refractivity contribution in [2.24, 2.45) is 10.4 Å². The van der Waals surface area contributed by atoms with Crippen LogP contribution in [0, 0.1) is 5.41 Å². The number of rotatable bonds is 8. The Morgan fingerprint density at radius 2 is 2.19 bits per heavy atom. The Morgan fingerprint density at radius 3 is 2.77 bits per heavy atom. The minimum absolute atomic E-state index is 0. The fourth-order valence-electron chi connectivity index (χ4n) is 2.93. The van der Waals surface area contributed by atoms with Crippen molar-refractivity contribution < 1.29 is 19.7 Å². The van der Waals surface area contributed by atoms with E-state index in [-0.39, 0.29) is 41.7 Å². The summed E-state index contributed by atoms with van der Waals surface area (Å²) in [5, 5.41) is 25.8. The number of aliphatic hydroxyl groups is 1. The lowest BCUT2D eigenvalue weighted by molar-refractivity contribution is 0.127. The van der Waals surface area contributed by atoms with Crippen molar-refractivity contribution in [1.29, 1.82) is 0 Å². The summed E-state index contributed by atoms with van der Waals surface area (Å²) in [6, 6.07) is 5.26. The Labute approximate surface area is 172 Å². The van der Waals surface area contributed by atoms with Gasteiger partial charge in [-0.3, -0.25) is 0 Å². The van der Waals surface area contributed by atoms with Gasteiger partial charge in [0, 0.05) is 31.7 Å². The highest BCUT2D eigenvalue weighted by atomic mass is 127. The lowest BCUT2D eigenvalue weighted by Gasteiger charge is -2.27. The average molecular weight is 479 g/mol. The van der Waals surface area contributed by atoms with Gasteiger partial charge in [0.15, 0.2) is 17.5 Å². The topological polar surface area (TPSA) is 95.3 Å². The van der Waals surface area contributed by atoms with E-state index in [1.165, 1.54) is 7.11 Å². The number of phenolic OH excluding ortho intramolecular Hbond substituents is 1. The summed E-state index contributed by atoms with van der Waals surface area (Å²) in [4.78, 5) is 4.57. The first kappa shape index (κ1) is 22.8. The predicted octanol–water partition coefficient (Wildman–Crippen LogP) is 1.86. The molecule has 1 aromatic carbocycles. The normalized spacial score (nSPS) is 19.7. The lowest BCUT2D eigenvalue weighted by atomic mass is 9.84. The van der Waals surface area contributed by atoms with Gasteiger partial charge >= 0.3 is 0 Å². The van der Waals surface area contributed by atoms with Gasteiger partial charge in [-0.25, -0.2) is 4.99 Å². The molecule has 4 N–H and O–H groups in total. The van der Waals surface area contributed by atoms with Gasteiger partial charge in [-0.1, -0.05) is 6.07 Å². The van der Waals surface area contributed by atoms with Crippen molar-refractivity contribution in [3.63, 3.8) is 0 Å². The van der Waals surface area contributed by atoms with Crippen molar-refractivity contribution in [2.45, 2.75) is 26.3 Å². The van der Waals surface area contributed by atoms with E-state index in [9.17, 15) is 10.2 Å². The second-order valence-corrected chi connectivity index (χ2v) is 6.33. The number of hydrogen-bond donors (Lipinski definition) is 4. The van der Waals surface area contributed by atoms with Gasteiger partial charge in [0.05, 0.1) is 20.3 Å². The van der Waals surface area contributed by atoms with Gasteiger partial charge in [0.2, 0.25) is 0 Å². The third-order valence-corrected chi connectivity index (χ3v) is 4.47. The predicted molar refractivity (Wildman–Crippen MR) is 112 cm³/mol. The molecular weight excluding hydrogens is 449 g/mol. The van der Waals surface area contributed by atoms with Crippen LogP contribution in [0.4, 0.5) is 0 Å². The summed E-state index contributed by atoms with van der Waals surface area (Å²) in [6.07, 6.45) is 1.65. The van der Waals surface area contributed by atoms with Crippen molar-refractivity contribution in [2.75, 3.05) is 40.0 Å². The second kappa shape index (κ2) is 11.5. The van der Waals surface area contributed by atoms with E-state index in [0.717, 1.165) is 25.1 Å². The molecule has 0 aliphatic carbocycles. The largest absolute Gasteiger partial charge is 0.504 e. The van der Waals surface area contributed by atoms with Gasteiger partial charge in [-0.05, 0) is 37.5 Å². The summed E-state index contributed by atoms with van der Waals surface area (Å²) in [7, 11) is 1.52. The quantitative estimate of drug-likeness (QED) is 0.259. The Kier molecular flexibility index (Phi) is 10.0. The third kappa shape index (κ3) is 6.48. The number of nitrogens with one attached hydrogen (secondary N) is 2. The molecule has 1 unspecified atom stereocenters. The standard InChI is InChI=1S/C18H29N3O4.HI/c1-3-19-17(21-12-18(6-8-22)7-9-25-13-18)20-11-14-4-5-16(24-2)15(23)10-14;/h4-5,10,22-23H,3,6-9,11-13H2,1-2H3,(H2,19,20,21);1H. The van der Waals surface area contributed by atoms with Crippen LogP contribution in [0.1, 0.15) is 25.3 Å². The number of ether oxygens (including phenoxy) is 2. The van der Waals surface area contributed by atoms with Crippen LogP contribution in [0.3, 0.4) is 0 Å². The Hall–Kier alpha value is -1.26. The Bertz CT molecular complexity index is 578.